The summed E-state index contributed by atoms with van der Waals surface area (Å²) in [6.07, 6.45) is 0.589. The number of carbonyl (C=O) groups is 4. The Morgan fingerprint density at radius 1 is 0.865 bits per heavy atom. The van der Waals surface area contributed by atoms with E-state index in [1.807, 2.05) is 30.3 Å². The lowest BCUT2D eigenvalue weighted by molar-refractivity contribution is -0.121. The van der Waals surface area contributed by atoms with Gasteiger partial charge < -0.3 is 19.7 Å². The van der Waals surface area contributed by atoms with Gasteiger partial charge in [-0.05, 0) is 42.8 Å². The predicted octanol–water partition coefficient (Wildman–Crippen LogP) is 3.51. The summed E-state index contributed by atoms with van der Waals surface area (Å²) < 4.78 is 11.3. The monoisotopic (exact) mass is 499 g/mol. The zero-order chi connectivity index (χ0) is 25.8. The van der Waals surface area contributed by atoms with Crippen LogP contribution in [-0.2, 0) is 9.59 Å². The number of rotatable bonds is 9. The van der Waals surface area contributed by atoms with Gasteiger partial charge in [0.05, 0.1) is 23.4 Å². The molecule has 3 aromatic rings. The molecule has 2 aliphatic heterocycles. The van der Waals surface area contributed by atoms with Gasteiger partial charge in [0, 0.05) is 31.3 Å². The molecule has 0 bridgehead atoms. The SMILES string of the molecule is O=C(CCN1C(=O)c2ccccc2C1=O)Nc1ccc2c(c1)OCC(=O)N2CCCOc1ccccc1. The van der Waals surface area contributed by atoms with E-state index in [0.717, 1.165) is 10.6 Å². The number of hydrogen-bond acceptors (Lipinski definition) is 6. The van der Waals surface area contributed by atoms with Crippen LogP contribution in [0.3, 0.4) is 0 Å². The Morgan fingerprint density at radius 3 is 2.30 bits per heavy atom. The third kappa shape index (κ3) is 5.16. The molecule has 0 spiro atoms. The van der Waals surface area contributed by atoms with Crippen molar-refractivity contribution in [1.29, 1.82) is 0 Å². The van der Waals surface area contributed by atoms with Crippen molar-refractivity contribution in [3.63, 3.8) is 0 Å². The number of nitrogens with one attached hydrogen (secondary N) is 1. The number of anilines is 2. The number of imide groups is 1. The first-order valence-electron chi connectivity index (χ1n) is 12.0. The lowest BCUT2D eigenvalue weighted by Crippen LogP contribution is -2.39. The molecule has 0 radical (unpaired) electrons. The minimum absolute atomic E-state index is 0.0209. The first kappa shape index (κ1) is 24.1. The maximum Gasteiger partial charge on any atom is 0.265 e. The van der Waals surface area contributed by atoms with Gasteiger partial charge in [0.1, 0.15) is 11.5 Å². The molecule has 0 fully saturated rings. The van der Waals surface area contributed by atoms with Crippen molar-refractivity contribution in [3.05, 3.63) is 83.9 Å². The van der Waals surface area contributed by atoms with Crippen LogP contribution in [0.2, 0.25) is 0 Å². The molecule has 0 unspecified atom stereocenters. The molecule has 9 nitrogen and oxygen atoms in total. The highest BCUT2D eigenvalue weighted by molar-refractivity contribution is 6.21. The number of carbonyl (C=O) groups excluding carboxylic acids is 4. The number of para-hydroxylation sites is 1. The van der Waals surface area contributed by atoms with Gasteiger partial charge >= 0.3 is 0 Å². The summed E-state index contributed by atoms with van der Waals surface area (Å²) in [7, 11) is 0. The van der Waals surface area contributed by atoms with Crippen molar-refractivity contribution in [1.82, 2.24) is 4.90 Å². The van der Waals surface area contributed by atoms with Gasteiger partial charge in [0.15, 0.2) is 6.61 Å². The Labute approximate surface area is 213 Å². The Kier molecular flexibility index (Phi) is 6.85. The number of fused-ring (bicyclic) bond motifs is 2. The van der Waals surface area contributed by atoms with E-state index in [9.17, 15) is 19.2 Å². The van der Waals surface area contributed by atoms with Crippen molar-refractivity contribution >= 4 is 35.0 Å². The lowest BCUT2D eigenvalue weighted by atomic mass is 10.1. The molecule has 0 atom stereocenters. The zero-order valence-electron chi connectivity index (χ0n) is 20.0. The van der Waals surface area contributed by atoms with Gasteiger partial charge in [-0.2, -0.15) is 0 Å². The molecular formula is C28H25N3O6. The molecule has 0 saturated heterocycles. The molecule has 188 valence electrons. The van der Waals surface area contributed by atoms with Gasteiger partial charge in [-0.25, -0.2) is 0 Å². The van der Waals surface area contributed by atoms with E-state index in [0.29, 0.717) is 47.8 Å². The minimum atomic E-state index is -0.394. The summed E-state index contributed by atoms with van der Waals surface area (Å²) in [5, 5.41) is 2.77. The number of amides is 4. The standard InChI is InChI=1S/C28H25N3O6/c32-25(13-15-31-27(34)21-9-4-5-10-22(21)28(31)35)29-19-11-12-23-24(17-19)37-18-26(33)30(23)14-6-16-36-20-7-2-1-3-8-20/h1-5,7-12,17H,6,13-16,18H2,(H,29,32). The van der Waals surface area contributed by atoms with Gasteiger partial charge in [-0.3, -0.25) is 24.1 Å². The van der Waals surface area contributed by atoms with Crippen molar-refractivity contribution in [2.24, 2.45) is 0 Å². The van der Waals surface area contributed by atoms with Crippen LogP contribution in [0, 0.1) is 0 Å². The van der Waals surface area contributed by atoms with E-state index < -0.39 is 11.8 Å². The van der Waals surface area contributed by atoms with Crippen molar-refractivity contribution < 1.29 is 28.7 Å². The first-order valence-corrected chi connectivity index (χ1v) is 12.0. The average Bonchev–Trinajstić information content (AvgIpc) is 3.16. The van der Waals surface area contributed by atoms with Crippen LogP contribution in [0.5, 0.6) is 11.5 Å². The second-order valence-electron chi connectivity index (χ2n) is 8.64. The molecule has 2 heterocycles. The molecule has 5 rings (SSSR count). The minimum Gasteiger partial charge on any atom is -0.494 e. The van der Waals surface area contributed by atoms with E-state index in [1.54, 1.807) is 47.4 Å². The van der Waals surface area contributed by atoms with Gasteiger partial charge in [-0.1, -0.05) is 30.3 Å². The number of ether oxygens (including phenoxy) is 2. The van der Waals surface area contributed by atoms with Crippen molar-refractivity contribution in [2.45, 2.75) is 12.8 Å². The maximum absolute atomic E-state index is 12.6. The summed E-state index contributed by atoms with van der Waals surface area (Å²) in [6.45, 7) is 0.815. The van der Waals surface area contributed by atoms with Crippen LogP contribution in [-0.4, -0.2) is 54.8 Å². The Balaban J connectivity index is 1.15. The normalized spacial score (nSPS) is 14.2. The molecule has 37 heavy (non-hydrogen) atoms. The molecule has 2 aliphatic rings. The van der Waals surface area contributed by atoms with Crippen molar-refractivity contribution in [2.75, 3.05) is 36.5 Å². The quantitative estimate of drug-likeness (QED) is 0.357. The number of nitrogens with zero attached hydrogens (tertiary/aromatic N) is 2. The van der Waals surface area contributed by atoms with Gasteiger partial charge in [0.25, 0.3) is 17.7 Å². The average molecular weight is 500 g/mol. The van der Waals surface area contributed by atoms with E-state index in [1.165, 1.54) is 0 Å². The maximum atomic E-state index is 12.6. The van der Waals surface area contributed by atoms with Crippen LogP contribution in [0.15, 0.2) is 72.8 Å². The highest BCUT2D eigenvalue weighted by Crippen LogP contribution is 2.34. The Hall–Kier alpha value is -4.66. The second-order valence-corrected chi connectivity index (χ2v) is 8.64. The fraction of sp³-hybridized carbons (Fsp3) is 0.214. The molecule has 0 saturated carbocycles. The van der Waals surface area contributed by atoms with Gasteiger partial charge in [-0.15, -0.1) is 0 Å². The summed E-state index contributed by atoms with van der Waals surface area (Å²) >= 11 is 0. The largest absolute Gasteiger partial charge is 0.494 e. The molecule has 0 aromatic heterocycles. The van der Waals surface area contributed by atoms with Crippen LogP contribution in [0.1, 0.15) is 33.6 Å². The third-order valence-electron chi connectivity index (χ3n) is 6.17. The van der Waals surface area contributed by atoms with E-state index >= 15 is 0 Å². The number of hydrogen-bond donors (Lipinski definition) is 1. The summed E-state index contributed by atoms with van der Waals surface area (Å²) in [5.41, 5.74) is 1.82. The molecule has 4 amide bonds. The van der Waals surface area contributed by atoms with E-state index in [-0.39, 0.29) is 31.4 Å². The predicted molar refractivity (Wildman–Crippen MR) is 136 cm³/mol. The van der Waals surface area contributed by atoms with Crippen LogP contribution in [0.4, 0.5) is 11.4 Å². The topological polar surface area (TPSA) is 105 Å². The number of benzene rings is 3. The zero-order valence-corrected chi connectivity index (χ0v) is 20.0. The van der Waals surface area contributed by atoms with Gasteiger partial charge in [0.2, 0.25) is 5.91 Å². The van der Waals surface area contributed by atoms with Crippen LogP contribution < -0.4 is 19.7 Å². The lowest BCUT2D eigenvalue weighted by Gasteiger charge is -2.29. The Bertz CT molecular complexity index is 1320. The summed E-state index contributed by atoms with van der Waals surface area (Å²) in [4.78, 5) is 52.7. The first-order chi connectivity index (χ1) is 18.0. The summed E-state index contributed by atoms with van der Waals surface area (Å²) in [5.74, 6) is -0.0198. The highest BCUT2D eigenvalue weighted by atomic mass is 16.5. The highest BCUT2D eigenvalue weighted by Gasteiger charge is 2.35. The smallest absolute Gasteiger partial charge is 0.265 e. The van der Waals surface area contributed by atoms with Crippen molar-refractivity contribution in [3.8, 4) is 11.5 Å². The Morgan fingerprint density at radius 2 is 1.57 bits per heavy atom. The fourth-order valence-electron chi connectivity index (χ4n) is 4.34. The van der Waals surface area contributed by atoms with E-state index in [2.05, 4.69) is 5.32 Å². The van der Waals surface area contributed by atoms with E-state index in [4.69, 9.17) is 9.47 Å². The van der Waals surface area contributed by atoms with Crippen LogP contribution in [0.25, 0.3) is 0 Å². The fourth-order valence-corrected chi connectivity index (χ4v) is 4.34. The molecule has 1 N–H and O–H groups in total. The molecule has 9 heteroatoms. The molecule has 0 aliphatic carbocycles. The van der Waals surface area contributed by atoms with Crippen LogP contribution >= 0.6 is 0 Å². The third-order valence-corrected chi connectivity index (χ3v) is 6.17. The molecule has 3 aromatic carbocycles. The summed E-state index contributed by atoms with van der Waals surface area (Å²) in [6, 6.07) is 21.2. The molecular weight excluding hydrogens is 474 g/mol. The second kappa shape index (κ2) is 10.5.